The van der Waals surface area contributed by atoms with Crippen LogP contribution in [-0.2, 0) is 0 Å². The van der Waals surface area contributed by atoms with Crippen LogP contribution in [0, 0.1) is 20.2 Å². The molecule has 82 valence electrons. The first-order valence-electron chi connectivity index (χ1n) is 4.07. The van der Waals surface area contributed by atoms with Crippen molar-refractivity contribution in [2.24, 2.45) is 0 Å². The Labute approximate surface area is 81.4 Å². The van der Waals surface area contributed by atoms with Crippen LogP contribution in [0.3, 0.4) is 0 Å². The van der Waals surface area contributed by atoms with E-state index in [2.05, 4.69) is 0 Å². The molecule has 0 unspecified atom stereocenters. The topological polar surface area (TPSA) is 86.3 Å². The van der Waals surface area contributed by atoms with Crippen LogP contribution in [0.4, 0.5) is 4.39 Å². The summed E-state index contributed by atoms with van der Waals surface area (Å²) < 4.78 is 13.2. The summed E-state index contributed by atoms with van der Waals surface area (Å²) in [4.78, 5) is 17.4. The molecule has 0 heterocycles. The molecule has 0 aromatic heterocycles. The van der Waals surface area contributed by atoms with Crippen LogP contribution >= 0.6 is 0 Å². The Morgan fingerprint density at radius 1 is 1.21 bits per heavy atom. The Hall–Kier alpha value is -1.05. The Bertz CT molecular complexity index is 239. The van der Waals surface area contributed by atoms with Crippen molar-refractivity contribution in [2.75, 3.05) is 0 Å². The number of hydrogen-bond acceptors (Lipinski definition) is 4. The van der Waals surface area contributed by atoms with Gasteiger partial charge in [-0.1, -0.05) is 24.0 Å². The molecule has 0 aromatic rings. The zero-order valence-electron chi connectivity index (χ0n) is 8.32. The Morgan fingerprint density at radius 2 is 1.57 bits per heavy atom. The predicted molar refractivity (Wildman–Crippen MR) is 50.6 cm³/mol. The highest BCUT2D eigenvalue weighted by Crippen LogP contribution is 2.24. The van der Waals surface area contributed by atoms with E-state index in [1.54, 1.807) is 0 Å². The zero-order valence-corrected chi connectivity index (χ0v) is 9.32. The third-order valence-electron chi connectivity index (χ3n) is 1.75. The summed E-state index contributed by atoms with van der Waals surface area (Å²) in [7, 11) is -1.71. The largest absolute Gasteiger partial charge is 0.613 e. The molecule has 0 amide bonds. The highest BCUT2D eigenvalue weighted by Gasteiger charge is 2.57. The van der Waals surface area contributed by atoms with E-state index >= 15 is 0 Å². The molecule has 8 heteroatoms. The van der Waals surface area contributed by atoms with Crippen molar-refractivity contribution in [2.45, 2.75) is 38.0 Å². The second-order valence-electron chi connectivity index (χ2n) is 4.29. The summed E-state index contributed by atoms with van der Waals surface area (Å²) >= 11 is 0. The average Bonchev–Trinajstić information content (AvgIpc) is 1.97. The van der Waals surface area contributed by atoms with Gasteiger partial charge in [0.25, 0.3) is 0 Å². The highest BCUT2D eigenvalue weighted by atomic mass is 28.3. The molecule has 0 saturated carbocycles. The number of alkyl halides is 1. The normalized spacial score (nSPS) is 12.6. The van der Waals surface area contributed by atoms with Gasteiger partial charge in [0.1, 0.15) is 16.3 Å². The number of rotatable bonds is 5. The van der Waals surface area contributed by atoms with E-state index in [0.29, 0.717) is 0 Å². The Balaban J connectivity index is 4.56. The molecule has 0 aliphatic rings. The monoisotopic (exact) mass is 224 g/mol. The minimum atomic E-state index is -3.51. The van der Waals surface area contributed by atoms with E-state index in [4.69, 9.17) is 0 Å². The summed E-state index contributed by atoms with van der Waals surface area (Å²) in [6.07, 6.45) is -0.650. The summed E-state index contributed by atoms with van der Waals surface area (Å²) in [6.45, 7) is 5.61. The lowest BCUT2D eigenvalue weighted by molar-refractivity contribution is -0.831. The first-order valence-corrected chi connectivity index (χ1v) is 7.78. The average molecular weight is 224 g/mol. The SMILES string of the molecule is C[Si](C)(C)CCC(F)([N+](=O)[O-])[N+](=O)[O-]. The second kappa shape index (κ2) is 3.99. The highest BCUT2D eigenvalue weighted by molar-refractivity contribution is 6.76. The fourth-order valence-corrected chi connectivity index (χ4v) is 1.85. The van der Waals surface area contributed by atoms with Crippen LogP contribution in [0.2, 0.25) is 25.7 Å². The van der Waals surface area contributed by atoms with Crippen molar-refractivity contribution < 1.29 is 14.2 Å². The van der Waals surface area contributed by atoms with E-state index in [1.165, 1.54) is 0 Å². The molecule has 0 N–H and O–H groups in total. The van der Waals surface area contributed by atoms with Crippen LogP contribution in [0.15, 0.2) is 0 Å². The van der Waals surface area contributed by atoms with Crippen LogP contribution in [0.1, 0.15) is 6.42 Å². The van der Waals surface area contributed by atoms with Gasteiger partial charge in [0.2, 0.25) is 0 Å². The molecule has 0 rings (SSSR count). The van der Waals surface area contributed by atoms with Gasteiger partial charge in [-0.3, -0.25) is 20.2 Å². The van der Waals surface area contributed by atoms with Crippen LogP contribution in [-0.4, -0.2) is 23.8 Å². The predicted octanol–water partition coefficient (Wildman–Crippen LogP) is 1.89. The minimum Gasteiger partial charge on any atom is -0.256 e. The molecule has 0 aliphatic heterocycles. The smallest absolute Gasteiger partial charge is 0.256 e. The summed E-state index contributed by atoms with van der Waals surface area (Å²) in [5, 5.41) is 20.4. The minimum absolute atomic E-state index is 0.214. The maximum atomic E-state index is 13.2. The maximum absolute atomic E-state index is 13.2. The quantitative estimate of drug-likeness (QED) is 0.234. The molecule has 0 atom stereocenters. The lowest BCUT2D eigenvalue weighted by Gasteiger charge is -2.16. The van der Waals surface area contributed by atoms with Gasteiger partial charge in [-0.15, -0.1) is 0 Å². The fraction of sp³-hybridized carbons (Fsp3) is 1.00. The summed E-state index contributed by atoms with van der Waals surface area (Å²) in [5.74, 6) is -3.51. The first-order chi connectivity index (χ1) is 6.09. The molecule has 6 nitrogen and oxygen atoms in total. The standard InChI is InChI=1S/C6H13FN2O4Si/c1-14(2,3)5-4-6(7,8(10)11)9(12)13/h4-5H2,1-3H3. The molecular formula is C6H13FN2O4Si. The second-order valence-corrected chi connectivity index (χ2v) is 9.92. The van der Waals surface area contributed by atoms with Gasteiger partial charge < -0.3 is 0 Å². The van der Waals surface area contributed by atoms with E-state index in [0.717, 1.165) is 0 Å². The summed E-state index contributed by atoms with van der Waals surface area (Å²) in [6, 6.07) is 0.214. The van der Waals surface area contributed by atoms with Crippen molar-refractivity contribution in [1.82, 2.24) is 0 Å². The van der Waals surface area contributed by atoms with Gasteiger partial charge in [-0.2, -0.15) is 0 Å². The van der Waals surface area contributed by atoms with Crippen molar-refractivity contribution >= 4 is 8.07 Å². The van der Waals surface area contributed by atoms with Crippen molar-refractivity contribution in [3.8, 4) is 0 Å². The van der Waals surface area contributed by atoms with Gasteiger partial charge in [-0.25, -0.2) is 0 Å². The molecule has 0 radical (unpaired) electrons. The van der Waals surface area contributed by atoms with E-state index in [1.807, 2.05) is 19.6 Å². The lowest BCUT2D eigenvalue weighted by atomic mass is 10.3. The molecule has 0 spiro atoms. The van der Waals surface area contributed by atoms with Crippen molar-refractivity contribution in [3.05, 3.63) is 20.2 Å². The molecule has 0 saturated heterocycles. The molecule has 0 aliphatic carbocycles. The van der Waals surface area contributed by atoms with Crippen molar-refractivity contribution in [3.63, 3.8) is 0 Å². The van der Waals surface area contributed by atoms with Crippen LogP contribution < -0.4 is 0 Å². The number of hydrogen-bond donors (Lipinski definition) is 0. The van der Waals surface area contributed by atoms with E-state index < -0.39 is 30.3 Å². The van der Waals surface area contributed by atoms with Gasteiger partial charge in [0.15, 0.2) is 0 Å². The van der Waals surface area contributed by atoms with Gasteiger partial charge in [0.05, 0.1) is 0 Å². The van der Waals surface area contributed by atoms with Gasteiger partial charge in [0, 0.05) is 8.07 Å². The molecule has 14 heavy (non-hydrogen) atoms. The molecular weight excluding hydrogens is 211 g/mol. The van der Waals surface area contributed by atoms with Crippen molar-refractivity contribution in [1.29, 1.82) is 0 Å². The molecule has 0 fully saturated rings. The van der Waals surface area contributed by atoms with Gasteiger partial charge in [-0.05, 0) is 6.04 Å². The maximum Gasteiger partial charge on any atom is 0.613 e. The van der Waals surface area contributed by atoms with Crippen LogP contribution in [0.5, 0.6) is 0 Å². The number of halogens is 1. The Kier molecular flexibility index (Phi) is 3.69. The van der Waals surface area contributed by atoms with E-state index in [-0.39, 0.29) is 6.04 Å². The van der Waals surface area contributed by atoms with E-state index in [9.17, 15) is 24.6 Å². The summed E-state index contributed by atoms with van der Waals surface area (Å²) in [5.41, 5.74) is 0. The van der Waals surface area contributed by atoms with Gasteiger partial charge >= 0.3 is 5.92 Å². The third kappa shape index (κ3) is 3.36. The third-order valence-corrected chi connectivity index (χ3v) is 3.50. The fourth-order valence-electron chi connectivity index (χ4n) is 0.783. The zero-order chi connectivity index (χ0) is 11.6. The first kappa shape index (κ1) is 12.9. The lowest BCUT2D eigenvalue weighted by Crippen LogP contribution is -2.43. The molecule has 0 bridgehead atoms. The number of nitro groups is 2. The van der Waals surface area contributed by atoms with Crippen LogP contribution in [0.25, 0.3) is 0 Å². The molecule has 0 aromatic carbocycles. The number of nitrogens with zero attached hydrogens (tertiary/aromatic N) is 2. The Morgan fingerprint density at radius 3 is 1.79 bits per heavy atom.